The van der Waals surface area contributed by atoms with Crippen LogP contribution in [0, 0.1) is 0 Å². The number of nitrogens with two attached hydrogens (primary N) is 1. The molecule has 0 aliphatic carbocycles. The van der Waals surface area contributed by atoms with E-state index in [0.29, 0.717) is 10.6 Å². The molecule has 1 heterocycles. The molecule has 0 saturated heterocycles. The molecule has 0 aliphatic rings. The van der Waals surface area contributed by atoms with Gasteiger partial charge in [0.2, 0.25) is 0 Å². The Kier molecular flexibility index (Phi) is 6.34. The molecule has 0 spiro atoms. The van der Waals surface area contributed by atoms with Crippen molar-refractivity contribution in [3.05, 3.63) is 46.8 Å². The van der Waals surface area contributed by atoms with Gasteiger partial charge >= 0.3 is 5.97 Å². The summed E-state index contributed by atoms with van der Waals surface area (Å²) in [4.78, 5) is 34.6. The Labute approximate surface area is 152 Å². The molecular formula is C17H16N2O6S. The van der Waals surface area contributed by atoms with Gasteiger partial charge in [-0.15, -0.1) is 11.3 Å². The molecule has 1 aromatic heterocycles. The largest absolute Gasteiger partial charge is 0.504 e. The molecular weight excluding hydrogens is 360 g/mol. The summed E-state index contributed by atoms with van der Waals surface area (Å²) in [5.74, 6) is -1.74. The molecule has 0 fully saturated rings. The van der Waals surface area contributed by atoms with E-state index in [2.05, 4.69) is 5.32 Å². The Morgan fingerprint density at radius 3 is 2.77 bits per heavy atom. The number of methoxy groups -OCH3 is 1. The van der Waals surface area contributed by atoms with Crippen LogP contribution < -0.4 is 15.8 Å². The molecule has 2 amide bonds. The lowest BCUT2D eigenvalue weighted by Gasteiger charge is -2.05. The molecule has 0 unspecified atom stereocenters. The monoisotopic (exact) mass is 376 g/mol. The number of nitrogens with one attached hydrogen (secondary N) is 1. The van der Waals surface area contributed by atoms with Crippen molar-refractivity contribution in [2.45, 2.75) is 0 Å². The van der Waals surface area contributed by atoms with E-state index >= 15 is 0 Å². The number of anilines is 1. The van der Waals surface area contributed by atoms with Crippen LogP contribution in [0.4, 0.5) is 5.00 Å². The number of carbonyl (C=O) groups excluding carboxylic acids is 3. The van der Waals surface area contributed by atoms with Crippen molar-refractivity contribution in [2.24, 2.45) is 5.73 Å². The van der Waals surface area contributed by atoms with Crippen molar-refractivity contribution in [3.8, 4) is 11.5 Å². The van der Waals surface area contributed by atoms with Crippen molar-refractivity contribution in [1.29, 1.82) is 0 Å². The van der Waals surface area contributed by atoms with Crippen LogP contribution in [0.1, 0.15) is 15.9 Å². The number of phenols is 1. The minimum atomic E-state index is -0.728. The molecule has 26 heavy (non-hydrogen) atoms. The lowest BCUT2D eigenvalue weighted by Crippen LogP contribution is -2.21. The average Bonchev–Trinajstić information content (AvgIpc) is 3.07. The lowest BCUT2D eigenvalue weighted by atomic mass is 10.2. The summed E-state index contributed by atoms with van der Waals surface area (Å²) in [6.45, 7) is -0.516. The molecule has 2 rings (SSSR count). The molecule has 1 aromatic carbocycles. The Hall–Kier alpha value is -3.33. The highest BCUT2D eigenvalue weighted by Crippen LogP contribution is 2.26. The Balaban J connectivity index is 1.87. The standard InChI is InChI=1S/C17H16N2O6S/c1-24-13-8-10(2-4-12(13)20)3-5-15(22)25-9-14(21)19-17-11(16(18)23)6-7-26-17/h2-8,20H,9H2,1H3,(H2,18,23)(H,19,21)/b5-3+. The highest BCUT2D eigenvalue weighted by molar-refractivity contribution is 7.14. The number of amides is 2. The van der Waals surface area contributed by atoms with Crippen molar-refractivity contribution >= 4 is 40.2 Å². The van der Waals surface area contributed by atoms with Crippen LogP contribution in [0.15, 0.2) is 35.7 Å². The highest BCUT2D eigenvalue weighted by Gasteiger charge is 2.13. The van der Waals surface area contributed by atoms with E-state index in [4.69, 9.17) is 15.2 Å². The van der Waals surface area contributed by atoms with Gasteiger partial charge in [0.15, 0.2) is 18.1 Å². The number of hydrogen-bond acceptors (Lipinski definition) is 7. The minimum Gasteiger partial charge on any atom is -0.504 e. The normalized spacial score (nSPS) is 10.5. The Morgan fingerprint density at radius 1 is 1.31 bits per heavy atom. The maximum absolute atomic E-state index is 11.8. The zero-order valence-electron chi connectivity index (χ0n) is 13.7. The van der Waals surface area contributed by atoms with Gasteiger partial charge in [0, 0.05) is 6.08 Å². The van der Waals surface area contributed by atoms with Gasteiger partial charge in [-0.25, -0.2) is 4.79 Å². The number of ether oxygens (including phenoxy) is 2. The van der Waals surface area contributed by atoms with Crippen LogP contribution in [-0.4, -0.2) is 36.6 Å². The van der Waals surface area contributed by atoms with Gasteiger partial charge in [0.25, 0.3) is 11.8 Å². The van der Waals surface area contributed by atoms with E-state index in [1.54, 1.807) is 11.4 Å². The van der Waals surface area contributed by atoms with Crippen LogP contribution in [-0.2, 0) is 14.3 Å². The van der Waals surface area contributed by atoms with Crippen LogP contribution >= 0.6 is 11.3 Å². The number of carbonyl (C=O) groups is 3. The molecule has 4 N–H and O–H groups in total. The van der Waals surface area contributed by atoms with E-state index < -0.39 is 24.4 Å². The second-order valence-corrected chi connectivity index (χ2v) is 5.86. The van der Waals surface area contributed by atoms with Gasteiger partial charge in [-0.2, -0.15) is 0 Å². The topological polar surface area (TPSA) is 128 Å². The number of benzene rings is 1. The van der Waals surface area contributed by atoms with E-state index in [0.717, 1.165) is 17.4 Å². The van der Waals surface area contributed by atoms with Crippen molar-refractivity contribution in [1.82, 2.24) is 0 Å². The zero-order valence-corrected chi connectivity index (χ0v) is 14.5. The predicted molar refractivity (Wildman–Crippen MR) is 96.1 cm³/mol. The van der Waals surface area contributed by atoms with Crippen molar-refractivity contribution in [2.75, 3.05) is 19.0 Å². The lowest BCUT2D eigenvalue weighted by molar-refractivity contribution is -0.142. The summed E-state index contributed by atoms with van der Waals surface area (Å²) in [7, 11) is 1.41. The second kappa shape index (κ2) is 8.67. The van der Waals surface area contributed by atoms with Gasteiger partial charge in [0.1, 0.15) is 5.00 Å². The summed E-state index contributed by atoms with van der Waals surface area (Å²) < 4.78 is 9.79. The average molecular weight is 376 g/mol. The number of primary amides is 1. The maximum atomic E-state index is 11.8. The molecule has 8 nitrogen and oxygen atoms in total. The van der Waals surface area contributed by atoms with Crippen LogP contribution in [0.2, 0.25) is 0 Å². The first-order valence-electron chi connectivity index (χ1n) is 7.29. The quantitative estimate of drug-likeness (QED) is 0.499. The van der Waals surface area contributed by atoms with Gasteiger partial charge in [-0.1, -0.05) is 6.07 Å². The summed E-state index contributed by atoms with van der Waals surface area (Å²) in [6, 6.07) is 6.03. The molecule has 0 aliphatic heterocycles. The highest BCUT2D eigenvalue weighted by atomic mass is 32.1. The third-order valence-corrected chi connectivity index (χ3v) is 3.97. The number of aromatic hydroxyl groups is 1. The predicted octanol–water partition coefficient (Wildman–Crippen LogP) is 1.76. The van der Waals surface area contributed by atoms with Crippen molar-refractivity contribution < 1.29 is 29.0 Å². The fraction of sp³-hybridized carbons (Fsp3) is 0.118. The third-order valence-electron chi connectivity index (χ3n) is 3.14. The van der Waals surface area contributed by atoms with E-state index in [1.165, 1.54) is 31.4 Å². The molecule has 9 heteroatoms. The van der Waals surface area contributed by atoms with Crippen LogP contribution in [0.5, 0.6) is 11.5 Å². The molecule has 0 atom stereocenters. The van der Waals surface area contributed by atoms with Gasteiger partial charge in [-0.05, 0) is 35.2 Å². The van der Waals surface area contributed by atoms with Gasteiger partial charge in [0.05, 0.1) is 12.7 Å². The number of esters is 1. The Bertz CT molecular complexity index is 859. The first kappa shape index (κ1) is 19.0. The maximum Gasteiger partial charge on any atom is 0.331 e. The zero-order chi connectivity index (χ0) is 19.1. The third kappa shape index (κ3) is 5.08. The van der Waals surface area contributed by atoms with Crippen molar-refractivity contribution in [3.63, 3.8) is 0 Å². The number of hydrogen-bond donors (Lipinski definition) is 3. The fourth-order valence-electron chi connectivity index (χ4n) is 1.91. The first-order valence-corrected chi connectivity index (χ1v) is 8.17. The molecule has 0 radical (unpaired) electrons. The fourth-order valence-corrected chi connectivity index (χ4v) is 2.72. The van der Waals surface area contributed by atoms with E-state index in [9.17, 15) is 19.5 Å². The summed E-state index contributed by atoms with van der Waals surface area (Å²) in [5, 5.41) is 13.9. The summed E-state index contributed by atoms with van der Waals surface area (Å²) >= 11 is 1.13. The first-order chi connectivity index (χ1) is 12.4. The minimum absolute atomic E-state index is 0.0206. The molecule has 0 saturated carbocycles. The van der Waals surface area contributed by atoms with Crippen LogP contribution in [0.25, 0.3) is 6.08 Å². The number of thiophene rings is 1. The smallest absolute Gasteiger partial charge is 0.331 e. The van der Waals surface area contributed by atoms with E-state index in [1.807, 2.05) is 0 Å². The second-order valence-electron chi connectivity index (χ2n) is 4.95. The molecule has 0 bridgehead atoms. The van der Waals surface area contributed by atoms with Crippen LogP contribution in [0.3, 0.4) is 0 Å². The summed E-state index contributed by atoms with van der Waals surface area (Å²) in [5.41, 5.74) is 5.97. The molecule has 136 valence electrons. The van der Waals surface area contributed by atoms with E-state index in [-0.39, 0.29) is 17.1 Å². The Morgan fingerprint density at radius 2 is 2.08 bits per heavy atom. The van der Waals surface area contributed by atoms with Gasteiger partial charge in [-0.3, -0.25) is 9.59 Å². The van der Waals surface area contributed by atoms with Gasteiger partial charge < -0.3 is 25.6 Å². The number of phenolic OH excluding ortho intramolecular Hbond substituents is 1. The SMILES string of the molecule is COc1cc(/C=C/C(=O)OCC(=O)Nc2sccc2C(N)=O)ccc1O. The number of rotatable bonds is 7. The molecule has 2 aromatic rings. The summed E-state index contributed by atoms with van der Waals surface area (Å²) in [6.07, 6.45) is 2.59.